The minimum absolute atomic E-state index is 0.0361. The fraction of sp³-hybridized carbons (Fsp3) is 0.133. The molecule has 5 nitrogen and oxygen atoms in total. The molecule has 108 valence electrons. The highest BCUT2D eigenvalue weighted by Crippen LogP contribution is 2.21. The van der Waals surface area contributed by atoms with Crippen molar-refractivity contribution in [1.82, 2.24) is 0 Å². The zero-order chi connectivity index (χ0) is 15.4. The van der Waals surface area contributed by atoms with Crippen LogP contribution in [0.15, 0.2) is 42.5 Å². The van der Waals surface area contributed by atoms with Gasteiger partial charge in [-0.25, -0.2) is 0 Å². The second-order valence-electron chi connectivity index (χ2n) is 4.39. The Bertz CT molecular complexity index is 701. The first kappa shape index (κ1) is 14.6. The lowest BCUT2D eigenvalue weighted by Crippen LogP contribution is -2.13. The number of aryl methyl sites for hydroxylation is 1. The second-order valence-corrected chi connectivity index (χ2v) is 4.39. The van der Waals surface area contributed by atoms with Crippen LogP contribution in [0.3, 0.4) is 0 Å². The maximum atomic E-state index is 13.3. The summed E-state index contributed by atoms with van der Waals surface area (Å²) < 4.78 is 13.3. The van der Waals surface area contributed by atoms with E-state index in [4.69, 9.17) is 0 Å². The number of carbonyl (C=O) groups is 1. The monoisotopic (exact) mass is 288 g/mol. The molecule has 0 spiro atoms. The van der Waals surface area contributed by atoms with Crippen LogP contribution in [0.1, 0.15) is 22.8 Å². The van der Waals surface area contributed by atoms with Crippen molar-refractivity contribution < 1.29 is 14.1 Å². The summed E-state index contributed by atoms with van der Waals surface area (Å²) in [6.45, 7) is 1.95. The van der Waals surface area contributed by atoms with Crippen molar-refractivity contribution in [2.24, 2.45) is 0 Å². The van der Waals surface area contributed by atoms with Gasteiger partial charge in [-0.1, -0.05) is 25.1 Å². The largest absolute Gasteiger partial charge is 0.322 e. The number of hydrogen-bond acceptors (Lipinski definition) is 3. The highest BCUT2D eigenvalue weighted by molar-refractivity contribution is 6.05. The molecule has 0 fully saturated rings. The molecular formula is C15H13FN2O3. The summed E-state index contributed by atoms with van der Waals surface area (Å²) in [5.74, 6) is -1.48. The van der Waals surface area contributed by atoms with Crippen molar-refractivity contribution in [3.8, 4) is 0 Å². The predicted molar refractivity (Wildman–Crippen MR) is 76.8 cm³/mol. The first-order chi connectivity index (χ1) is 10.0. The fourth-order valence-corrected chi connectivity index (χ4v) is 1.94. The SMILES string of the molecule is CCc1ccccc1NC(=O)c1ccc(F)c([N+](=O)[O-])c1. The number of anilines is 1. The number of nitrogens with one attached hydrogen (secondary N) is 1. The molecule has 0 heterocycles. The van der Waals surface area contributed by atoms with E-state index >= 15 is 0 Å². The standard InChI is InChI=1S/C15H13FN2O3/c1-2-10-5-3-4-6-13(10)17-15(19)11-7-8-12(16)14(9-11)18(20)21/h3-9H,2H2,1H3,(H,17,19). The van der Waals surface area contributed by atoms with Crippen molar-refractivity contribution in [2.75, 3.05) is 5.32 Å². The van der Waals surface area contributed by atoms with Crippen molar-refractivity contribution in [3.63, 3.8) is 0 Å². The first-order valence-corrected chi connectivity index (χ1v) is 6.36. The van der Waals surface area contributed by atoms with E-state index in [1.165, 1.54) is 6.07 Å². The summed E-state index contributed by atoms with van der Waals surface area (Å²) in [5.41, 5.74) is 0.903. The van der Waals surface area contributed by atoms with E-state index in [0.717, 1.165) is 24.1 Å². The van der Waals surface area contributed by atoms with E-state index in [0.29, 0.717) is 5.69 Å². The average Bonchev–Trinajstić information content (AvgIpc) is 2.47. The van der Waals surface area contributed by atoms with Crippen LogP contribution in [0, 0.1) is 15.9 Å². The van der Waals surface area contributed by atoms with Gasteiger partial charge in [0.25, 0.3) is 5.91 Å². The molecule has 0 unspecified atom stereocenters. The fourth-order valence-electron chi connectivity index (χ4n) is 1.94. The van der Waals surface area contributed by atoms with Gasteiger partial charge in [-0.05, 0) is 30.2 Å². The molecule has 6 heteroatoms. The number of para-hydroxylation sites is 1. The molecule has 21 heavy (non-hydrogen) atoms. The van der Waals surface area contributed by atoms with E-state index in [-0.39, 0.29) is 5.56 Å². The van der Waals surface area contributed by atoms with E-state index < -0.39 is 22.3 Å². The van der Waals surface area contributed by atoms with Gasteiger partial charge >= 0.3 is 5.69 Å². The zero-order valence-electron chi connectivity index (χ0n) is 11.3. The van der Waals surface area contributed by atoms with Gasteiger partial charge in [-0.3, -0.25) is 14.9 Å². The van der Waals surface area contributed by atoms with Crippen molar-refractivity contribution >= 4 is 17.3 Å². The van der Waals surface area contributed by atoms with Gasteiger partial charge in [0.1, 0.15) is 0 Å². The third kappa shape index (κ3) is 3.22. The molecule has 2 rings (SSSR count). The van der Waals surface area contributed by atoms with Crippen molar-refractivity contribution in [1.29, 1.82) is 0 Å². The van der Waals surface area contributed by atoms with Crippen LogP contribution in [0.5, 0.6) is 0 Å². The Kier molecular flexibility index (Phi) is 4.27. The lowest BCUT2D eigenvalue weighted by molar-refractivity contribution is -0.387. The minimum atomic E-state index is -0.967. The van der Waals surface area contributed by atoms with Gasteiger partial charge in [-0.15, -0.1) is 0 Å². The predicted octanol–water partition coefficient (Wildman–Crippen LogP) is 3.55. The van der Waals surface area contributed by atoms with Crippen LogP contribution >= 0.6 is 0 Å². The number of rotatable bonds is 4. The molecular weight excluding hydrogens is 275 g/mol. The summed E-state index contributed by atoms with van der Waals surface area (Å²) in [6.07, 6.45) is 0.736. The van der Waals surface area contributed by atoms with Gasteiger partial charge in [0, 0.05) is 17.3 Å². The molecule has 0 saturated heterocycles. The quantitative estimate of drug-likeness (QED) is 0.690. The molecule has 2 aromatic carbocycles. The third-order valence-corrected chi connectivity index (χ3v) is 3.05. The molecule has 0 radical (unpaired) electrons. The number of hydrogen-bond donors (Lipinski definition) is 1. The second kappa shape index (κ2) is 6.13. The van der Waals surface area contributed by atoms with E-state index in [2.05, 4.69) is 5.32 Å². The van der Waals surface area contributed by atoms with Crippen molar-refractivity contribution in [2.45, 2.75) is 13.3 Å². The number of benzene rings is 2. The molecule has 2 aromatic rings. The number of nitro benzene ring substituents is 1. The van der Waals surface area contributed by atoms with Gasteiger partial charge in [-0.2, -0.15) is 4.39 Å². The lowest BCUT2D eigenvalue weighted by atomic mass is 10.1. The third-order valence-electron chi connectivity index (χ3n) is 3.05. The van der Waals surface area contributed by atoms with Crippen LogP contribution < -0.4 is 5.32 Å². The topological polar surface area (TPSA) is 72.2 Å². The number of amides is 1. The Balaban J connectivity index is 2.29. The van der Waals surface area contributed by atoms with Gasteiger partial charge in [0.15, 0.2) is 0 Å². The molecule has 0 saturated carbocycles. The van der Waals surface area contributed by atoms with Crippen LogP contribution in [0.25, 0.3) is 0 Å². The summed E-state index contributed by atoms with van der Waals surface area (Å²) in [4.78, 5) is 21.9. The number of nitrogens with zero attached hydrogens (tertiary/aromatic N) is 1. The van der Waals surface area contributed by atoms with Crippen LogP contribution in [0.2, 0.25) is 0 Å². The highest BCUT2D eigenvalue weighted by atomic mass is 19.1. The highest BCUT2D eigenvalue weighted by Gasteiger charge is 2.17. The minimum Gasteiger partial charge on any atom is -0.322 e. The summed E-state index contributed by atoms with van der Waals surface area (Å²) in [7, 11) is 0. The molecule has 0 aliphatic heterocycles. The summed E-state index contributed by atoms with van der Waals surface area (Å²) in [6, 6.07) is 10.3. The lowest BCUT2D eigenvalue weighted by Gasteiger charge is -2.09. The van der Waals surface area contributed by atoms with E-state index in [1.807, 2.05) is 19.1 Å². The Hall–Kier alpha value is -2.76. The molecule has 0 bridgehead atoms. The van der Waals surface area contributed by atoms with E-state index in [1.54, 1.807) is 12.1 Å². The van der Waals surface area contributed by atoms with Gasteiger partial charge < -0.3 is 5.32 Å². The van der Waals surface area contributed by atoms with Crippen molar-refractivity contribution in [3.05, 3.63) is 69.5 Å². The molecule has 0 aliphatic carbocycles. The van der Waals surface area contributed by atoms with Crippen LogP contribution in [-0.2, 0) is 6.42 Å². The average molecular weight is 288 g/mol. The van der Waals surface area contributed by atoms with E-state index in [9.17, 15) is 19.3 Å². The normalized spacial score (nSPS) is 10.2. The van der Waals surface area contributed by atoms with Gasteiger partial charge in [0.2, 0.25) is 5.82 Å². The first-order valence-electron chi connectivity index (χ1n) is 6.36. The zero-order valence-corrected chi connectivity index (χ0v) is 11.3. The van der Waals surface area contributed by atoms with Crippen LogP contribution in [-0.4, -0.2) is 10.8 Å². The molecule has 0 aliphatic rings. The number of carbonyl (C=O) groups excluding carboxylic acids is 1. The van der Waals surface area contributed by atoms with Crippen LogP contribution in [0.4, 0.5) is 15.8 Å². The number of halogens is 1. The maximum absolute atomic E-state index is 13.3. The Labute approximate surface area is 120 Å². The Morgan fingerprint density at radius 2 is 2.00 bits per heavy atom. The number of nitro groups is 1. The Morgan fingerprint density at radius 3 is 2.67 bits per heavy atom. The van der Waals surface area contributed by atoms with Gasteiger partial charge in [0.05, 0.1) is 4.92 Å². The molecule has 0 aromatic heterocycles. The Morgan fingerprint density at radius 1 is 1.29 bits per heavy atom. The smallest absolute Gasteiger partial charge is 0.305 e. The maximum Gasteiger partial charge on any atom is 0.305 e. The summed E-state index contributed by atoms with van der Waals surface area (Å²) >= 11 is 0. The summed E-state index contributed by atoms with van der Waals surface area (Å²) in [5, 5.41) is 13.4. The molecule has 1 N–H and O–H groups in total. The molecule has 1 amide bonds. The molecule has 0 atom stereocenters.